The number of para-hydroxylation sites is 2. The van der Waals surface area contributed by atoms with Crippen LogP contribution in [0, 0.1) is 0 Å². The van der Waals surface area contributed by atoms with Gasteiger partial charge in [-0.25, -0.2) is 0 Å². The SMILES string of the molecule is c1ccc2c(c1)cc(-c1ccc(N(c3ccc(-c4cccc5c4oc4ccccc45)cc3)c3ccc(-c4cccc5oc6c7ccccc7ccc6c45)cc3)cc1)c1ccccc12. The fraction of sp³-hybridized carbons (Fsp3) is 0. The average molecular weight is 804 g/mol. The number of hydrogen-bond donors (Lipinski definition) is 0. The van der Waals surface area contributed by atoms with Gasteiger partial charge in [-0.05, 0) is 115 Å². The molecule has 0 amide bonds. The molecule has 3 heteroatoms. The maximum Gasteiger partial charge on any atom is 0.143 e. The van der Waals surface area contributed by atoms with Crippen molar-refractivity contribution < 1.29 is 8.83 Å². The summed E-state index contributed by atoms with van der Waals surface area (Å²) in [4.78, 5) is 2.34. The maximum absolute atomic E-state index is 6.56. The standard InChI is InChI=1S/C60H37NO2/c1-4-14-48-38(11-1)29-36-54-58-47(18-10-22-57(58)63-60(48)54)39-23-30-43(31-24-39)61(44-32-25-40(26-33-44)49-19-9-20-53-52-17-7-8-21-56(52)62-59(49)53)45-34-27-41(28-35-45)55-37-42-12-2-3-13-46(42)50-15-5-6-16-51(50)55/h1-37H. The molecule has 0 aliphatic carbocycles. The third-order valence-electron chi connectivity index (χ3n) is 12.9. The van der Waals surface area contributed by atoms with Crippen LogP contribution in [0.5, 0.6) is 0 Å². The van der Waals surface area contributed by atoms with Crippen LogP contribution >= 0.6 is 0 Å². The van der Waals surface area contributed by atoms with Crippen molar-refractivity contribution in [3.63, 3.8) is 0 Å². The van der Waals surface area contributed by atoms with Crippen molar-refractivity contribution in [3.05, 3.63) is 224 Å². The molecule has 0 spiro atoms. The first-order valence-electron chi connectivity index (χ1n) is 21.5. The predicted octanol–water partition coefficient (Wildman–Crippen LogP) is 17.4. The van der Waals surface area contributed by atoms with Gasteiger partial charge in [0.1, 0.15) is 22.3 Å². The summed E-state index contributed by atoms with van der Waals surface area (Å²) >= 11 is 0. The van der Waals surface area contributed by atoms with E-state index in [9.17, 15) is 0 Å². The molecule has 0 bridgehead atoms. The molecule has 11 aromatic carbocycles. The van der Waals surface area contributed by atoms with Crippen LogP contribution in [0.15, 0.2) is 233 Å². The molecular formula is C60H37NO2. The summed E-state index contributed by atoms with van der Waals surface area (Å²) in [6, 6.07) is 80.5. The van der Waals surface area contributed by atoms with Gasteiger partial charge in [-0.2, -0.15) is 0 Å². The molecule has 63 heavy (non-hydrogen) atoms. The largest absolute Gasteiger partial charge is 0.455 e. The van der Waals surface area contributed by atoms with Gasteiger partial charge < -0.3 is 13.7 Å². The monoisotopic (exact) mass is 803 g/mol. The van der Waals surface area contributed by atoms with Gasteiger partial charge in [-0.15, -0.1) is 0 Å². The van der Waals surface area contributed by atoms with Crippen molar-refractivity contribution in [2.45, 2.75) is 0 Å². The van der Waals surface area contributed by atoms with E-state index in [0.29, 0.717) is 0 Å². The molecule has 13 rings (SSSR count). The zero-order valence-electron chi connectivity index (χ0n) is 34.1. The van der Waals surface area contributed by atoms with E-state index >= 15 is 0 Å². The van der Waals surface area contributed by atoms with Gasteiger partial charge in [0.15, 0.2) is 0 Å². The second-order valence-corrected chi connectivity index (χ2v) is 16.4. The third kappa shape index (κ3) is 5.67. The number of furan rings is 2. The van der Waals surface area contributed by atoms with E-state index in [2.05, 4.69) is 217 Å². The number of nitrogens with zero attached hydrogens (tertiary/aromatic N) is 1. The molecular weight excluding hydrogens is 767 g/mol. The first kappa shape index (κ1) is 35.4. The molecule has 0 aliphatic heterocycles. The smallest absolute Gasteiger partial charge is 0.143 e. The van der Waals surface area contributed by atoms with Crippen LogP contribution in [-0.4, -0.2) is 0 Å². The maximum atomic E-state index is 6.56. The average Bonchev–Trinajstić information content (AvgIpc) is 3.94. The fourth-order valence-electron chi connectivity index (χ4n) is 9.88. The molecule has 0 unspecified atom stereocenters. The van der Waals surface area contributed by atoms with Gasteiger partial charge in [0.2, 0.25) is 0 Å². The highest BCUT2D eigenvalue weighted by Crippen LogP contribution is 2.43. The van der Waals surface area contributed by atoms with Crippen molar-refractivity contribution >= 4 is 93.3 Å². The Morgan fingerprint density at radius 2 is 0.778 bits per heavy atom. The lowest BCUT2D eigenvalue weighted by Crippen LogP contribution is -2.09. The Balaban J connectivity index is 0.927. The Bertz CT molecular complexity index is 3890. The van der Waals surface area contributed by atoms with Crippen molar-refractivity contribution in [2.24, 2.45) is 0 Å². The fourth-order valence-corrected chi connectivity index (χ4v) is 9.88. The van der Waals surface area contributed by atoms with Gasteiger partial charge >= 0.3 is 0 Å². The van der Waals surface area contributed by atoms with E-state index < -0.39 is 0 Å². The summed E-state index contributed by atoms with van der Waals surface area (Å²) in [5.41, 5.74) is 13.7. The predicted molar refractivity (Wildman–Crippen MR) is 265 cm³/mol. The second-order valence-electron chi connectivity index (χ2n) is 16.4. The lowest BCUT2D eigenvalue weighted by molar-refractivity contribution is 0.670. The summed E-state index contributed by atoms with van der Waals surface area (Å²) in [6.45, 7) is 0. The van der Waals surface area contributed by atoms with Crippen LogP contribution in [-0.2, 0) is 0 Å². The van der Waals surface area contributed by atoms with Gasteiger partial charge in [0.05, 0.1) is 0 Å². The van der Waals surface area contributed by atoms with Crippen molar-refractivity contribution in [1.82, 2.24) is 0 Å². The topological polar surface area (TPSA) is 29.5 Å². The van der Waals surface area contributed by atoms with E-state index in [-0.39, 0.29) is 0 Å². The van der Waals surface area contributed by atoms with Gasteiger partial charge in [-0.1, -0.05) is 164 Å². The van der Waals surface area contributed by atoms with Crippen molar-refractivity contribution in [1.29, 1.82) is 0 Å². The first-order chi connectivity index (χ1) is 31.2. The molecule has 0 saturated heterocycles. The summed E-state index contributed by atoms with van der Waals surface area (Å²) in [5, 5.41) is 11.8. The highest BCUT2D eigenvalue weighted by molar-refractivity contribution is 6.19. The van der Waals surface area contributed by atoms with Crippen LogP contribution < -0.4 is 4.90 Å². The molecule has 0 fully saturated rings. The Hall–Kier alpha value is -8.40. The summed E-state index contributed by atoms with van der Waals surface area (Å²) < 4.78 is 13.0. The third-order valence-corrected chi connectivity index (χ3v) is 12.9. The number of rotatable bonds is 6. The normalized spacial score (nSPS) is 11.8. The van der Waals surface area contributed by atoms with Crippen LogP contribution in [0.2, 0.25) is 0 Å². The van der Waals surface area contributed by atoms with Crippen LogP contribution in [0.3, 0.4) is 0 Å². The minimum Gasteiger partial charge on any atom is -0.455 e. The Kier molecular flexibility index (Phi) is 7.91. The van der Waals surface area contributed by atoms with Gasteiger partial charge in [-0.3, -0.25) is 0 Å². The second kappa shape index (κ2) is 14.1. The minimum atomic E-state index is 0.891. The summed E-state index contributed by atoms with van der Waals surface area (Å²) in [7, 11) is 0. The Morgan fingerprint density at radius 1 is 0.270 bits per heavy atom. The number of hydrogen-bond acceptors (Lipinski definition) is 3. The molecule has 0 atom stereocenters. The molecule has 13 aromatic rings. The first-order valence-corrected chi connectivity index (χ1v) is 21.5. The lowest BCUT2D eigenvalue weighted by atomic mass is 9.93. The highest BCUT2D eigenvalue weighted by Gasteiger charge is 2.19. The molecule has 2 aromatic heterocycles. The van der Waals surface area contributed by atoms with Crippen molar-refractivity contribution in [2.75, 3.05) is 4.90 Å². The van der Waals surface area contributed by atoms with Crippen LogP contribution in [0.4, 0.5) is 17.1 Å². The summed E-state index contributed by atoms with van der Waals surface area (Å²) in [5.74, 6) is 0. The van der Waals surface area contributed by atoms with E-state index in [0.717, 1.165) is 88.6 Å². The zero-order valence-corrected chi connectivity index (χ0v) is 34.1. The highest BCUT2D eigenvalue weighted by atomic mass is 16.3. The van der Waals surface area contributed by atoms with Crippen LogP contribution in [0.1, 0.15) is 0 Å². The van der Waals surface area contributed by atoms with E-state index in [1.54, 1.807) is 0 Å². The number of benzene rings is 11. The zero-order chi connectivity index (χ0) is 41.4. The van der Waals surface area contributed by atoms with Crippen molar-refractivity contribution in [3.8, 4) is 33.4 Å². The number of fused-ring (bicyclic) bond motifs is 11. The quantitative estimate of drug-likeness (QED) is 0.157. The van der Waals surface area contributed by atoms with Crippen LogP contribution in [0.25, 0.3) is 110 Å². The van der Waals surface area contributed by atoms with E-state index in [1.807, 2.05) is 12.1 Å². The van der Waals surface area contributed by atoms with Gasteiger partial charge in [0.25, 0.3) is 0 Å². The number of anilines is 3. The molecule has 3 nitrogen and oxygen atoms in total. The Labute approximate surface area is 363 Å². The lowest BCUT2D eigenvalue weighted by Gasteiger charge is -2.26. The molecule has 0 radical (unpaired) electrons. The van der Waals surface area contributed by atoms with E-state index in [4.69, 9.17) is 8.83 Å². The molecule has 0 saturated carbocycles. The summed E-state index contributed by atoms with van der Waals surface area (Å²) in [6.07, 6.45) is 0. The molecule has 0 aliphatic rings. The molecule has 2 heterocycles. The Morgan fingerprint density at radius 3 is 1.51 bits per heavy atom. The minimum absolute atomic E-state index is 0.891. The van der Waals surface area contributed by atoms with E-state index in [1.165, 1.54) is 38.1 Å². The molecule has 0 N–H and O–H groups in total. The molecule has 294 valence electrons. The van der Waals surface area contributed by atoms with Gasteiger partial charge in [0, 0.05) is 49.6 Å².